The van der Waals surface area contributed by atoms with Gasteiger partial charge in [-0.05, 0) is 24.0 Å². The number of unbranched alkanes of at least 4 members (excludes halogenated alkanes) is 5. The van der Waals surface area contributed by atoms with Crippen molar-refractivity contribution in [3.8, 4) is 0 Å². The maximum Gasteiger partial charge on any atom is 0.261 e. The van der Waals surface area contributed by atoms with Crippen molar-refractivity contribution in [3.63, 3.8) is 0 Å². The Bertz CT molecular complexity index is 511. The molecule has 1 aliphatic heterocycles. The largest absolute Gasteiger partial charge is 0.274 e. The zero-order valence-electron chi connectivity index (χ0n) is 12.1. The van der Waals surface area contributed by atoms with Gasteiger partial charge in [0, 0.05) is 6.54 Å². The van der Waals surface area contributed by atoms with E-state index in [9.17, 15) is 9.59 Å². The molecule has 0 saturated carbocycles. The summed E-state index contributed by atoms with van der Waals surface area (Å²) in [5.41, 5.74) is 3.47. The smallest absolute Gasteiger partial charge is 0.261 e. The van der Waals surface area contributed by atoms with Gasteiger partial charge in [0.1, 0.15) is 0 Å². The van der Waals surface area contributed by atoms with Gasteiger partial charge in [-0.3, -0.25) is 14.5 Å². The Labute approximate surface area is 120 Å². The molecule has 0 unspecified atom stereocenters. The van der Waals surface area contributed by atoms with E-state index in [2.05, 4.69) is 6.92 Å². The van der Waals surface area contributed by atoms with E-state index >= 15 is 0 Å². The van der Waals surface area contributed by atoms with Gasteiger partial charge < -0.3 is 0 Å². The monoisotopic (exact) mass is 271 g/mol. The van der Waals surface area contributed by atoms with Crippen molar-refractivity contribution < 1.29 is 9.59 Å². The molecule has 0 aromatic carbocycles. The van der Waals surface area contributed by atoms with E-state index < -0.39 is 0 Å². The first-order valence-electron chi connectivity index (χ1n) is 7.75. The fourth-order valence-electron chi connectivity index (χ4n) is 3.29. The minimum Gasteiger partial charge on any atom is -0.274 e. The summed E-state index contributed by atoms with van der Waals surface area (Å²) >= 11 is 0. The molecule has 0 radical (unpaired) electrons. The number of nitrogens with zero attached hydrogens (tertiary/aromatic N) is 1. The van der Waals surface area contributed by atoms with Crippen molar-refractivity contribution in [2.45, 2.75) is 51.9 Å². The normalized spacial score (nSPS) is 19.9. The van der Waals surface area contributed by atoms with Crippen LogP contribution in [-0.2, 0) is 9.59 Å². The van der Waals surface area contributed by atoms with Crippen LogP contribution in [-0.4, -0.2) is 23.3 Å². The number of imide groups is 1. The second-order valence-electron chi connectivity index (χ2n) is 5.84. The van der Waals surface area contributed by atoms with E-state index in [0.29, 0.717) is 17.7 Å². The van der Waals surface area contributed by atoms with Crippen LogP contribution in [0.4, 0.5) is 0 Å². The second-order valence-corrected chi connectivity index (χ2v) is 5.84. The van der Waals surface area contributed by atoms with Gasteiger partial charge in [0.2, 0.25) is 0 Å². The summed E-state index contributed by atoms with van der Waals surface area (Å²) < 4.78 is 0. The van der Waals surface area contributed by atoms with Crippen molar-refractivity contribution in [1.29, 1.82) is 0 Å². The van der Waals surface area contributed by atoms with Crippen molar-refractivity contribution in [2.75, 3.05) is 6.54 Å². The molecule has 106 valence electrons. The SMILES string of the molecule is CCCCCCCCN1C(=O)C2=C3C=CC(=C2C1=O)C3. The molecular formula is C17H21NO2. The van der Waals surface area contributed by atoms with Crippen molar-refractivity contribution in [3.05, 3.63) is 34.4 Å². The second kappa shape index (κ2) is 5.39. The van der Waals surface area contributed by atoms with Crippen LogP contribution in [0, 0.1) is 0 Å². The van der Waals surface area contributed by atoms with Gasteiger partial charge in [-0.15, -0.1) is 0 Å². The number of amides is 2. The molecule has 20 heavy (non-hydrogen) atoms. The summed E-state index contributed by atoms with van der Waals surface area (Å²) in [7, 11) is 0. The maximum absolute atomic E-state index is 12.3. The van der Waals surface area contributed by atoms with E-state index in [-0.39, 0.29) is 11.8 Å². The lowest BCUT2D eigenvalue weighted by atomic mass is 10.1. The summed E-state index contributed by atoms with van der Waals surface area (Å²) in [6, 6.07) is 0. The van der Waals surface area contributed by atoms with Crippen LogP contribution in [0.2, 0.25) is 0 Å². The highest BCUT2D eigenvalue weighted by molar-refractivity contribution is 6.26. The van der Waals surface area contributed by atoms with Crippen molar-refractivity contribution in [1.82, 2.24) is 4.90 Å². The molecule has 0 aromatic rings. The van der Waals surface area contributed by atoms with Crippen molar-refractivity contribution >= 4 is 11.8 Å². The van der Waals surface area contributed by atoms with Crippen LogP contribution in [0.3, 0.4) is 0 Å². The van der Waals surface area contributed by atoms with Crippen LogP contribution < -0.4 is 0 Å². The fraction of sp³-hybridized carbons (Fsp3) is 0.529. The van der Waals surface area contributed by atoms with E-state index in [4.69, 9.17) is 0 Å². The molecule has 1 saturated heterocycles. The lowest BCUT2D eigenvalue weighted by Gasteiger charge is -2.13. The van der Waals surface area contributed by atoms with Crippen LogP contribution >= 0.6 is 0 Å². The van der Waals surface area contributed by atoms with E-state index in [1.165, 1.54) is 30.6 Å². The van der Waals surface area contributed by atoms with Crippen LogP contribution in [0.15, 0.2) is 34.4 Å². The molecule has 0 N–H and O–H groups in total. The molecule has 1 heterocycles. The average molecular weight is 271 g/mol. The fourth-order valence-corrected chi connectivity index (χ4v) is 3.29. The molecule has 2 aliphatic carbocycles. The number of carbonyl (C=O) groups excluding carboxylic acids is 2. The van der Waals surface area contributed by atoms with Crippen LogP contribution in [0.1, 0.15) is 51.9 Å². The van der Waals surface area contributed by atoms with Gasteiger partial charge >= 0.3 is 0 Å². The van der Waals surface area contributed by atoms with Crippen LogP contribution in [0.25, 0.3) is 0 Å². The highest BCUT2D eigenvalue weighted by Crippen LogP contribution is 2.44. The third kappa shape index (κ3) is 2.05. The lowest BCUT2D eigenvalue weighted by Crippen LogP contribution is -2.31. The van der Waals surface area contributed by atoms with E-state index in [0.717, 1.165) is 30.4 Å². The number of allylic oxidation sites excluding steroid dienone is 4. The maximum atomic E-state index is 12.3. The first-order valence-corrected chi connectivity index (χ1v) is 7.75. The van der Waals surface area contributed by atoms with Gasteiger partial charge in [0.05, 0.1) is 11.1 Å². The van der Waals surface area contributed by atoms with Crippen LogP contribution in [0.5, 0.6) is 0 Å². The minimum absolute atomic E-state index is 0.0621. The summed E-state index contributed by atoms with van der Waals surface area (Å²) in [5, 5.41) is 0. The standard InChI is InChI=1S/C17H21NO2/c1-2-3-4-5-6-7-10-18-16(19)14-12-8-9-13(11-12)15(14)17(18)20/h8-9H,2-7,10-11H2,1H3. The molecule has 3 rings (SSSR count). The number of carbonyl (C=O) groups is 2. The summed E-state index contributed by atoms with van der Waals surface area (Å²) in [6.45, 7) is 2.78. The van der Waals surface area contributed by atoms with Gasteiger partial charge in [0.25, 0.3) is 11.8 Å². The Morgan fingerprint density at radius 3 is 2.05 bits per heavy atom. The molecule has 0 aromatic heterocycles. The number of fused-ring (bicyclic) bond motifs is 3. The zero-order valence-corrected chi connectivity index (χ0v) is 12.1. The summed E-state index contributed by atoms with van der Waals surface area (Å²) in [5.74, 6) is -0.124. The Morgan fingerprint density at radius 2 is 1.45 bits per heavy atom. The molecule has 0 spiro atoms. The number of likely N-dealkylation sites (tertiary alicyclic amines) is 1. The first kappa shape index (κ1) is 13.3. The van der Waals surface area contributed by atoms with Crippen molar-refractivity contribution in [2.24, 2.45) is 0 Å². The highest BCUT2D eigenvalue weighted by atomic mass is 16.2. The molecule has 2 amide bonds. The number of rotatable bonds is 7. The van der Waals surface area contributed by atoms with Gasteiger partial charge in [-0.1, -0.05) is 51.2 Å². The Kier molecular flexibility index (Phi) is 3.60. The van der Waals surface area contributed by atoms with E-state index in [1.54, 1.807) is 0 Å². The van der Waals surface area contributed by atoms with E-state index in [1.807, 2.05) is 12.2 Å². The average Bonchev–Trinajstić information content (AvgIpc) is 3.11. The number of hydrogen-bond acceptors (Lipinski definition) is 2. The molecule has 3 heteroatoms. The molecule has 3 aliphatic rings. The third-order valence-electron chi connectivity index (χ3n) is 4.41. The minimum atomic E-state index is -0.0621. The first-order chi connectivity index (χ1) is 9.74. The topological polar surface area (TPSA) is 37.4 Å². The lowest BCUT2D eigenvalue weighted by molar-refractivity contribution is -0.136. The Hall–Kier alpha value is -1.64. The summed E-state index contributed by atoms with van der Waals surface area (Å²) in [4.78, 5) is 26.1. The predicted molar refractivity (Wildman–Crippen MR) is 77.9 cm³/mol. The Balaban J connectivity index is 1.57. The predicted octanol–water partition coefficient (Wildman–Crippen LogP) is 3.28. The van der Waals surface area contributed by atoms with Gasteiger partial charge in [-0.2, -0.15) is 0 Å². The molecule has 1 fully saturated rings. The zero-order chi connectivity index (χ0) is 14.1. The highest BCUT2D eigenvalue weighted by Gasteiger charge is 2.45. The number of hydrogen-bond donors (Lipinski definition) is 0. The molecule has 3 nitrogen and oxygen atoms in total. The quantitative estimate of drug-likeness (QED) is 0.526. The van der Waals surface area contributed by atoms with Gasteiger partial charge in [-0.25, -0.2) is 0 Å². The molecule has 0 atom stereocenters. The molecular weight excluding hydrogens is 250 g/mol. The van der Waals surface area contributed by atoms with Gasteiger partial charge in [0.15, 0.2) is 0 Å². The Morgan fingerprint density at radius 1 is 0.900 bits per heavy atom. The molecule has 2 bridgehead atoms. The third-order valence-corrected chi connectivity index (χ3v) is 4.41. The summed E-state index contributed by atoms with van der Waals surface area (Å²) in [6.07, 6.45) is 11.8.